The average molecular weight is 910 g/mol. The Kier molecular flexibility index (Phi) is 17.2. The quantitative estimate of drug-likeness (QED) is 0.0627. The monoisotopic (exact) mass is 909 g/mol. The predicted molar refractivity (Wildman–Crippen MR) is 232 cm³/mol. The Morgan fingerprint density at radius 1 is 0.470 bits per heavy atom. The van der Waals surface area contributed by atoms with E-state index < -0.39 is 97.7 Å². The number of esters is 3. The molecular formula is C50H55NO15. The minimum atomic E-state index is -1.55. The molecule has 7 rings (SSSR count). The molecule has 0 spiro atoms. The number of rotatable bonds is 20. The van der Waals surface area contributed by atoms with E-state index in [-0.39, 0.29) is 45.9 Å². The maximum absolute atomic E-state index is 13.5. The minimum absolute atomic E-state index is 0.125. The first-order valence-corrected chi connectivity index (χ1v) is 21.9. The van der Waals surface area contributed by atoms with E-state index in [0.717, 1.165) is 41.0 Å². The van der Waals surface area contributed by atoms with Crippen molar-refractivity contribution in [2.24, 2.45) is 0 Å². The van der Waals surface area contributed by atoms with Gasteiger partial charge in [0.1, 0.15) is 43.2 Å². The van der Waals surface area contributed by atoms with E-state index in [9.17, 15) is 24.0 Å². The summed E-state index contributed by atoms with van der Waals surface area (Å²) >= 11 is 0. The van der Waals surface area contributed by atoms with Crippen LogP contribution in [-0.2, 0) is 97.8 Å². The van der Waals surface area contributed by atoms with Crippen molar-refractivity contribution >= 4 is 29.7 Å². The molecule has 16 nitrogen and oxygen atoms in total. The van der Waals surface area contributed by atoms with Crippen LogP contribution in [-0.4, -0.2) is 109 Å². The summed E-state index contributed by atoms with van der Waals surface area (Å²) in [6.07, 6.45) is -10.8. The lowest BCUT2D eigenvalue weighted by molar-refractivity contribution is -0.342. The molecule has 0 N–H and O–H groups in total. The van der Waals surface area contributed by atoms with Crippen LogP contribution in [0.25, 0.3) is 0 Å². The fraction of sp³-hybridized carbons (Fsp3) is 0.420. The van der Waals surface area contributed by atoms with E-state index in [1.807, 2.05) is 121 Å². The van der Waals surface area contributed by atoms with Gasteiger partial charge in [0.2, 0.25) is 11.8 Å². The Hall–Kier alpha value is -5.85. The van der Waals surface area contributed by atoms with Gasteiger partial charge in [-0.2, -0.15) is 0 Å². The van der Waals surface area contributed by atoms with Gasteiger partial charge in [0, 0.05) is 33.6 Å². The Labute approximate surface area is 383 Å². The largest absolute Gasteiger partial charge is 0.463 e. The van der Waals surface area contributed by atoms with Crippen molar-refractivity contribution in [2.75, 3.05) is 13.2 Å². The summed E-state index contributed by atoms with van der Waals surface area (Å²) in [6.45, 7) is 3.25. The highest BCUT2D eigenvalue weighted by atomic mass is 16.7. The molecule has 3 saturated heterocycles. The van der Waals surface area contributed by atoms with Crippen LogP contribution < -0.4 is 0 Å². The van der Waals surface area contributed by atoms with Crippen LogP contribution in [0.1, 0.15) is 55.9 Å². The molecule has 0 unspecified atom stereocenters. The van der Waals surface area contributed by atoms with Crippen LogP contribution in [0.3, 0.4) is 0 Å². The summed E-state index contributed by atoms with van der Waals surface area (Å²) in [5.74, 6) is -3.43. The van der Waals surface area contributed by atoms with Gasteiger partial charge in [-0.1, -0.05) is 121 Å². The van der Waals surface area contributed by atoms with Crippen LogP contribution in [0.15, 0.2) is 121 Å². The number of benzene rings is 4. The van der Waals surface area contributed by atoms with Crippen LogP contribution in [0.5, 0.6) is 0 Å². The lowest BCUT2D eigenvalue weighted by Gasteiger charge is -2.48. The number of hydrogen-bond donors (Lipinski definition) is 0. The van der Waals surface area contributed by atoms with Gasteiger partial charge in [-0.25, -0.2) is 0 Å². The number of carbonyl (C=O) groups is 5. The molecule has 3 aliphatic rings. The Balaban J connectivity index is 1.27. The highest BCUT2D eigenvalue weighted by Gasteiger charge is 2.57. The van der Waals surface area contributed by atoms with Gasteiger partial charge in [0.25, 0.3) is 0 Å². The maximum atomic E-state index is 13.5. The fourth-order valence-corrected chi connectivity index (χ4v) is 8.18. The molecule has 10 atom stereocenters. The lowest BCUT2D eigenvalue weighted by atomic mass is 9.94. The van der Waals surface area contributed by atoms with Crippen LogP contribution >= 0.6 is 0 Å². The number of nitrogens with zero attached hydrogens (tertiary/aromatic N) is 1. The number of hydrogen-bond acceptors (Lipinski definition) is 15. The third kappa shape index (κ3) is 12.9. The minimum Gasteiger partial charge on any atom is -0.463 e. The standard InChI is InChI=1S/C50H55NO15/c1-32(52)57-30-40-45(63-33(2)53)46(64-34(3)54)43(51-41(55)24-25-42(51)56)49(65-40)62-31-39-44(58-26-35-16-8-4-9-17-35)47(59-27-36-18-10-5-11-19-36)48(60-28-37-20-12-6-13-21-37)50(66-39)61-29-38-22-14-7-15-23-38/h4-23,39-40,43-50H,24-31H2,1-3H3/t39-,40-,43-,44+,45-,46-,47+,48-,49-,50+/m1/s1. The summed E-state index contributed by atoms with van der Waals surface area (Å²) in [6, 6.07) is 36.9. The summed E-state index contributed by atoms with van der Waals surface area (Å²) in [7, 11) is 0. The van der Waals surface area contributed by atoms with Crippen LogP contribution in [0, 0.1) is 0 Å². The second-order valence-electron chi connectivity index (χ2n) is 16.1. The smallest absolute Gasteiger partial charge is 0.303 e. The number of imide groups is 1. The third-order valence-corrected chi connectivity index (χ3v) is 11.2. The van der Waals surface area contributed by atoms with Gasteiger partial charge in [0.15, 0.2) is 24.8 Å². The average Bonchev–Trinajstić information content (AvgIpc) is 3.65. The summed E-state index contributed by atoms with van der Waals surface area (Å²) in [5, 5.41) is 0. The number of carbonyl (C=O) groups excluding carboxylic acids is 5. The molecule has 3 aliphatic heterocycles. The number of likely N-dealkylation sites (tertiary alicyclic amines) is 1. The molecule has 0 radical (unpaired) electrons. The summed E-state index contributed by atoms with van der Waals surface area (Å²) in [4.78, 5) is 65.3. The Morgan fingerprint density at radius 2 is 0.879 bits per heavy atom. The van der Waals surface area contributed by atoms with E-state index in [1.165, 1.54) is 6.92 Å². The van der Waals surface area contributed by atoms with Gasteiger partial charge in [-0.05, 0) is 22.3 Å². The zero-order valence-corrected chi connectivity index (χ0v) is 37.0. The van der Waals surface area contributed by atoms with E-state index in [2.05, 4.69) is 0 Å². The van der Waals surface area contributed by atoms with Gasteiger partial charge in [-0.15, -0.1) is 0 Å². The zero-order chi connectivity index (χ0) is 46.4. The number of amides is 2. The van der Waals surface area contributed by atoms with E-state index in [4.69, 9.17) is 47.4 Å². The van der Waals surface area contributed by atoms with Gasteiger partial charge < -0.3 is 47.4 Å². The van der Waals surface area contributed by atoms with Crippen molar-refractivity contribution in [3.8, 4) is 0 Å². The van der Waals surface area contributed by atoms with Crippen LogP contribution in [0.4, 0.5) is 0 Å². The van der Waals surface area contributed by atoms with Crippen LogP contribution in [0.2, 0.25) is 0 Å². The molecule has 0 aliphatic carbocycles. The molecule has 3 heterocycles. The van der Waals surface area contributed by atoms with Gasteiger partial charge in [0.05, 0.1) is 33.0 Å². The zero-order valence-electron chi connectivity index (χ0n) is 37.0. The molecule has 4 aromatic rings. The molecular weight excluding hydrogens is 855 g/mol. The molecule has 16 heteroatoms. The summed E-state index contributed by atoms with van der Waals surface area (Å²) < 4.78 is 63.5. The first kappa shape index (κ1) is 48.1. The topological polar surface area (TPSA) is 181 Å². The molecule has 0 bridgehead atoms. The second kappa shape index (κ2) is 23.6. The highest BCUT2D eigenvalue weighted by molar-refractivity contribution is 6.02. The highest BCUT2D eigenvalue weighted by Crippen LogP contribution is 2.36. The normalized spacial score (nSPS) is 26.4. The molecule has 66 heavy (non-hydrogen) atoms. The molecule has 0 saturated carbocycles. The van der Waals surface area contributed by atoms with E-state index in [0.29, 0.717) is 0 Å². The Bertz CT molecular complexity index is 2180. The Morgan fingerprint density at radius 3 is 1.35 bits per heavy atom. The molecule has 0 aromatic heterocycles. The molecule has 4 aromatic carbocycles. The lowest BCUT2D eigenvalue weighted by Crippen LogP contribution is -2.68. The molecule has 2 amide bonds. The van der Waals surface area contributed by atoms with Crippen molar-refractivity contribution in [3.63, 3.8) is 0 Å². The van der Waals surface area contributed by atoms with Crippen molar-refractivity contribution < 1.29 is 71.3 Å². The first-order chi connectivity index (χ1) is 32.0. The number of ether oxygens (including phenoxy) is 10. The summed E-state index contributed by atoms with van der Waals surface area (Å²) in [5.41, 5.74) is 3.52. The van der Waals surface area contributed by atoms with Gasteiger partial charge in [-0.3, -0.25) is 28.9 Å². The molecule has 350 valence electrons. The second-order valence-corrected chi connectivity index (χ2v) is 16.1. The first-order valence-electron chi connectivity index (χ1n) is 21.9. The van der Waals surface area contributed by atoms with Crippen molar-refractivity contribution in [3.05, 3.63) is 144 Å². The van der Waals surface area contributed by atoms with E-state index >= 15 is 0 Å². The third-order valence-electron chi connectivity index (χ3n) is 11.2. The van der Waals surface area contributed by atoms with E-state index in [1.54, 1.807) is 0 Å². The van der Waals surface area contributed by atoms with Crippen molar-refractivity contribution in [2.45, 2.75) is 121 Å². The predicted octanol–water partition coefficient (Wildman–Crippen LogP) is 5.37. The molecule has 3 fully saturated rings. The van der Waals surface area contributed by atoms with Gasteiger partial charge >= 0.3 is 17.9 Å². The fourth-order valence-electron chi connectivity index (χ4n) is 8.18. The SMILES string of the molecule is CC(=O)OC[C@H]1O[C@@H](OC[C@H]2O[C@H](OCc3ccccc3)[C@H](OCc3ccccc3)[C@@H](OCc3ccccc3)[C@H]2OCc2ccccc2)[C@H](N2C(=O)CCC2=O)[C@@H](OC(C)=O)[C@@H]1OC(C)=O. The van der Waals surface area contributed by atoms with Crippen molar-refractivity contribution in [1.29, 1.82) is 0 Å². The maximum Gasteiger partial charge on any atom is 0.303 e. The van der Waals surface area contributed by atoms with Crippen molar-refractivity contribution in [1.82, 2.24) is 4.90 Å².